The van der Waals surface area contributed by atoms with Crippen LogP contribution in [0.25, 0.3) is 0 Å². The lowest BCUT2D eigenvalue weighted by molar-refractivity contribution is 0.262. The van der Waals surface area contributed by atoms with Crippen LogP contribution >= 0.6 is 0 Å². The van der Waals surface area contributed by atoms with Gasteiger partial charge in [-0.1, -0.05) is 13.8 Å². The van der Waals surface area contributed by atoms with Crippen LogP contribution < -0.4 is 5.73 Å². The first-order valence-corrected chi connectivity index (χ1v) is 4.86. The zero-order valence-electron chi connectivity index (χ0n) is 8.72. The number of rotatable bonds is 5. The lowest BCUT2D eigenvalue weighted by atomic mass is 10.2. The van der Waals surface area contributed by atoms with E-state index in [9.17, 15) is 0 Å². The Morgan fingerprint density at radius 2 is 2.29 bits per heavy atom. The van der Waals surface area contributed by atoms with Crippen molar-refractivity contribution in [2.45, 2.75) is 32.9 Å². The van der Waals surface area contributed by atoms with Gasteiger partial charge >= 0.3 is 0 Å². The molecule has 0 aliphatic heterocycles. The van der Waals surface area contributed by atoms with Crippen molar-refractivity contribution in [1.82, 2.24) is 14.8 Å². The summed E-state index contributed by atoms with van der Waals surface area (Å²) in [6.07, 6.45) is 2.10. The van der Waals surface area contributed by atoms with Gasteiger partial charge in [-0.05, 0) is 5.92 Å². The van der Waals surface area contributed by atoms with E-state index in [1.54, 1.807) is 0 Å². The van der Waals surface area contributed by atoms with E-state index < -0.39 is 0 Å². The van der Waals surface area contributed by atoms with Crippen LogP contribution in [0, 0.1) is 5.92 Å². The number of aliphatic hydroxyl groups is 1. The summed E-state index contributed by atoms with van der Waals surface area (Å²) in [4.78, 5) is 4.12. The molecule has 0 aromatic carbocycles. The van der Waals surface area contributed by atoms with Gasteiger partial charge in [0.25, 0.3) is 0 Å². The predicted octanol–water partition coefficient (Wildman–Crippen LogP) is -0.204. The van der Waals surface area contributed by atoms with Crippen molar-refractivity contribution >= 4 is 0 Å². The molecule has 0 bridgehead atoms. The molecule has 80 valence electrons. The van der Waals surface area contributed by atoms with Gasteiger partial charge in [0.1, 0.15) is 12.2 Å². The van der Waals surface area contributed by atoms with E-state index in [1.165, 1.54) is 6.33 Å². The Balaban J connectivity index is 2.62. The maximum Gasteiger partial charge on any atom is 0.138 e. The van der Waals surface area contributed by atoms with Gasteiger partial charge in [0.2, 0.25) is 0 Å². The third-order valence-corrected chi connectivity index (χ3v) is 1.91. The maximum absolute atomic E-state index is 8.82. The fraction of sp³-hybridized carbons (Fsp3) is 0.778. The van der Waals surface area contributed by atoms with Crippen LogP contribution in [0.3, 0.4) is 0 Å². The highest BCUT2D eigenvalue weighted by Gasteiger charge is 2.09. The Bertz CT molecular complexity index is 272. The first kappa shape index (κ1) is 11.1. The molecule has 5 nitrogen and oxygen atoms in total. The number of hydrogen-bond donors (Lipinski definition) is 2. The normalized spacial score (nSPS) is 13.5. The van der Waals surface area contributed by atoms with Crippen LogP contribution in [-0.4, -0.2) is 32.5 Å². The lowest BCUT2D eigenvalue weighted by Gasteiger charge is -2.10. The molecule has 1 heterocycles. The molecule has 1 aromatic heterocycles. The van der Waals surface area contributed by atoms with Crippen molar-refractivity contribution in [2.24, 2.45) is 11.7 Å². The molecule has 5 heteroatoms. The van der Waals surface area contributed by atoms with Gasteiger partial charge in [-0.3, -0.25) is 0 Å². The third kappa shape index (κ3) is 3.08. The van der Waals surface area contributed by atoms with Crippen LogP contribution in [0.2, 0.25) is 0 Å². The van der Waals surface area contributed by atoms with Gasteiger partial charge in [0.05, 0.1) is 6.61 Å². The van der Waals surface area contributed by atoms with Crippen LogP contribution in [0.5, 0.6) is 0 Å². The first-order chi connectivity index (χ1) is 6.63. The molecule has 0 amide bonds. The Morgan fingerprint density at radius 1 is 1.57 bits per heavy atom. The second-order valence-electron chi connectivity index (χ2n) is 3.90. The topological polar surface area (TPSA) is 77.0 Å². The minimum atomic E-state index is -0.245. The molecular weight excluding hydrogens is 180 g/mol. The molecule has 0 radical (unpaired) electrons. The van der Waals surface area contributed by atoms with Crippen molar-refractivity contribution in [1.29, 1.82) is 0 Å². The second-order valence-corrected chi connectivity index (χ2v) is 3.90. The monoisotopic (exact) mass is 198 g/mol. The molecule has 14 heavy (non-hydrogen) atoms. The number of aliphatic hydroxyl groups excluding tert-OH is 1. The predicted molar refractivity (Wildman–Crippen MR) is 53.6 cm³/mol. The van der Waals surface area contributed by atoms with Gasteiger partial charge in [-0.2, -0.15) is 5.10 Å². The Kier molecular flexibility index (Phi) is 4.03. The Hall–Kier alpha value is -0.940. The molecule has 0 saturated heterocycles. The molecular formula is C9H18N4O. The van der Waals surface area contributed by atoms with E-state index in [4.69, 9.17) is 10.8 Å². The summed E-state index contributed by atoms with van der Waals surface area (Å²) >= 11 is 0. The SMILES string of the molecule is CC(C)Cn1ncnc1CC(N)CO. The lowest BCUT2D eigenvalue weighted by Crippen LogP contribution is -2.28. The summed E-state index contributed by atoms with van der Waals surface area (Å²) < 4.78 is 1.85. The number of nitrogens with two attached hydrogens (primary N) is 1. The van der Waals surface area contributed by atoms with E-state index in [-0.39, 0.29) is 12.6 Å². The zero-order chi connectivity index (χ0) is 10.6. The molecule has 1 rings (SSSR count). The average molecular weight is 198 g/mol. The van der Waals surface area contributed by atoms with Gasteiger partial charge in [0.15, 0.2) is 0 Å². The number of nitrogens with zero attached hydrogens (tertiary/aromatic N) is 3. The molecule has 1 unspecified atom stereocenters. The van der Waals surface area contributed by atoms with Crippen LogP contribution in [0.4, 0.5) is 0 Å². The van der Waals surface area contributed by atoms with Crippen molar-refractivity contribution < 1.29 is 5.11 Å². The molecule has 0 aliphatic carbocycles. The van der Waals surface area contributed by atoms with Crippen LogP contribution in [-0.2, 0) is 13.0 Å². The van der Waals surface area contributed by atoms with Crippen molar-refractivity contribution in [3.8, 4) is 0 Å². The minimum Gasteiger partial charge on any atom is -0.395 e. The van der Waals surface area contributed by atoms with E-state index in [1.807, 2.05) is 4.68 Å². The standard InChI is InChI=1S/C9H18N4O/c1-7(2)4-13-9(11-6-12-13)3-8(10)5-14/h6-8,14H,3-5,10H2,1-2H3. The third-order valence-electron chi connectivity index (χ3n) is 1.91. The molecule has 1 atom stereocenters. The molecule has 0 spiro atoms. The fourth-order valence-electron chi connectivity index (χ4n) is 1.24. The first-order valence-electron chi connectivity index (χ1n) is 4.86. The summed E-state index contributed by atoms with van der Waals surface area (Å²) in [5.74, 6) is 1.38. The highest BCUT2D eigenvalue weighted by Crippen LogP contribution is 2.02. The quantitative estimate of drug-likeness (QED) is 0.686. The second kappa shape index (κ2) is 5.07. The fourth-order valence-corrected chi connectivity index (χ4v) is 1.24. The minimum absolute atomic E-state index is 0.0193. The largest absolute Gasteiger partial charge is 0.395 e. The number of hydrogen-bond acceptors (Lipinski definition) is 4. The summed E-state index contributed by atoms with van der Waals surface area (Å²) in [7, 11) is 0. The van der Waals surface area contributed by atoms with E-state index >= 15 is 0 Å². The smallest absolute Gasteiger partial charge is 0.138 e. The van der Waals surface area contributed by atoms with E-state index in [2.05, 4.69) is 23.9 Å². The van der Waals surface area contributed by atoms with Crippen molar-refractivity contribution in [2.75, 3.05) is 6.61 Å². The average Bonchev–Trinajstić information content (AvgIpc) is 2.52. The Morgan fingerprint density at radius 3 is 2.86 bits per heavy atom. The van der Waals surface area contributed by atoms with E-state index in [0.29, 0.717) is 12.3 Å². The summed E-state index contributed by atoms with van der Waals surface area (Å²) in [5, 5.41) is 12.9. The molecule has 1 aromatic rings. The highest BCUT2D eigenvalue weighted by molar-refractivity contribution is 4.88. The van der Waals surface area contributed by atoms with Crippen LogP contribution in [0.1, 0.15) is 19.7 Å². The maximum atomic E-state index is 8.82. The summed E-state index contributed by atoms with van der Waals surface area (Å²) in [6.45, 7) is 5.07. The summed E-state index contributed by atoms with van der Waals surface area (Å²) in [5.41, 5.74) is 5.63. The summed E-state index contributed by atoms with van der Waals surface area (Å²) in [6, 6.07) is -0.245. The van der Waals surface area contributed by atoms with Crippen LogP contribution in [0.15, 0.2) is 6.33 Å². The van der Waals surface area contributed by atoms with Crippen molar-refractivity contribution in [3.05, 3.63) is 12.2 Å². The van der Waals surface area contributed by atoms with Gasteiger partial charge in [-0.15, -0.1) is 0 Å². The van der Waals surface area contributed by atoms with Gasteiger partial charge < -0.3 is 10.8 Å². The van der Waals surface area contributed by atoms with Gasteiger partial charge in [0, 0.05) is 19.0 Å². The molecule has 3 N–H and O–H groups in total. The molecule has 0 aliphatic rings. The zero-order valence-corrected chi connectivity index (χ0v) is 8.72. The van der Waals surface area contributed by atoms with Crippen molar-refractivity contribution in [3.63, 3.8) is 0 Å². The van der Waals surface area contributed by atoms with Gasteiger partial charge in [-0.25, -0.2) is 9.67 Å². The van der Waals surface area contributed by atoms with E-state index in [0.717, 1.165) is 12.4 Å². The Labute approximate surface area is 83.9 Å². The number of aromatic nitrogens is 3. The molecule has 0 fully saturated rings. The molecule has 0 saturated carbocycles. The highest BCUT2D eigenvalue weighted by atomic mass is 16.3.